The number of likely N-dealkylation sites (tertiary alicyclic amines) is 1. The van der Waals surface area contributed by atoms with Crippen molar-refractivity contribution in [3.8, 4) is 11.8 Å². The van der Waals surface area contributed by atoms with Gasteiger partial charge in [0, 0.05) is 48.7 Å². The van der Waals surface area contributed by atoms with Crippen LogP contribution in [0.1, 0.15) is 50.2 Å². The van der Waals surface area contributed by atoms with E-state index in [4.69, 9.17) is 15.5 Å². The first-order valence-electron chi connectivity index (χ1n) is 12.1. The van der Waals surface area contributed by atoms with Gasteiger partial charge in [-0.15, -0.1) is 0 Å². The first kappa shape index (κ1) is 24.5. The predicted octanol–water partition coefficient (Wildman–Crippen LogP) is 2.08. The molecule has 2 fully saturated rings. The van der Waals surface area contributed by atoms with Crippen LogP contribution in [0.2, 0.25) is 0 Å². The SMILES string of the molecule is C=CC(=O)N[C@@H]1CC[C@H](N2CCC(N=C(C)/C(=C\N)c3cc(OC)c4c(C#N)c[nH][n+]4c3)CC2)C1. The molecule has 2 aromatic rings. The number of piperidine rings is 1. The number of rotatable bonds is 7. The summed E-state index contributed by atoms with van der Waals surface area (Å²) in [7, 11) is 1.59. The Kier molecular flexibility index (Phi) is 7.51. The standard InChI is InChI=1S/C26H33N7O2/c1-4-25(34)31-21-5-6-22(12-21)32-9-7-20(8-10-32)30-17(2)23(14-28)18-11-24(35-3)26-19(13-27)15-29-33(26)16-18/h4,11,14-16,20-22H,1,5-10,12H2,2-3H3,(H3,28,30,31,34)/p+1/t21-,22+/m1/s1. The van der Waals surface area contributed by atoms with E-state index < -0.39 is 0 Å². The maximum Gasteiger partial charge on any atom is 0.296 e. The number of amides is 1. The topological polar surface area (TPSA) is 124 Å². The van der Waals surface area contributed by atoms with Gasteiger partial charge in [0.25, 0.3) is 5.52 Å². The van der Waals surface area contributed by atoms with Crippen molar-refractivity contribution < 1.29 is 14.0 Å². The number of hydrogen-bond donors (Lipinski definition) is 3. The van der Waals surface area contributed by atoms with E-state index in [1.54, 1.807) is 24.0 Å². The van der Waals surface area contributed by atoms with E-state index in [2.05, 4.69) is 28.0 Å². The molecule has 0 radical (unpaired) electrons. The number of carbonyl (C=O) groups is 1. The molecule has 0 aromatic carbocycles. The number of fused-ring (bicyclic) bond motifs is 1. The highest BCUT2D eigenvalue weighted by Crippen LogP contribution is 2.29. The molecule has 0 spiro atoms. The zero-order chi connectivity index (χ0) is 24.9. The number of aromatic amines is 1. The number of methoxy groups -OCH3 is 1. The quantitative estimate of drug-likeness (QED) is 0.321. The number of hydrogen-bond acceptors (Lipinski definition) is 6. The fraction of sp³-hybridized carbons (Fsp3) is 0.462. The lowest BCUT2D eigenvalue weighted by molar-refractivity contribution is -0.577. The predicted molar refractivity (Wildman–Crippen MR) is 135 cm³/mol. The Balaban J connectivity index is 1.41. The molecule has 2 aliphatic rings. The van der Waals surface area contributed by atoms with Crippen LogP contribution in [0.25, 0.3) is 11.1 Å². The molecule has 1 amide bonds. The molecule has 3 heterocycles. The van der Waals surface area contributed by atoms with Gasteiger partial charge in [0.15, 0.2) is 11.3 Å². The summed E-state index contributed by atoms with van der Waals surface area (Å²) < 4.78 is 7.33. The van der Waals surface area contributed by atoms with E-state index in [9.17, 15) is 10.1 Å². The van der Waals surface area contributed by atoms with E-state index in [1.165, 1.54) is 6.08 Å². The monoisotopic (exact) mass is 476 g/mol. The zero-order valence-electron chi connectivity index (χ0n) is 20.5. The molecule has 0 bridgehead atoms. The van der Waals surface area contributed by atoms with Crippen LogP contribution < -0.4 is 20.3 Å². The Morgan fingerprint density at radius 2 is 2.17 bits per heavy atom. The van der Waals surface area contributed by atoms with Crippen molar-refractivity contribution in [3.63, 3.8) is 0 Å². The van der Waals surface area contributed by atoms with E-state index >= 15 is 0 Å². The molecule has 4 N–H and O–H groups in total. The minimum Gasteiger partial charge on any atom is -0.490 e. The van der Waals surface area contributed by atoms with Crippen molar-refractivity contribution in [1.29, 1.82) is 5.26 Å². The zero-order valence-corrected chi connectivity index (χ0v) is 20.5. The molecule has 184 valence electrons. The van der Waals surface area contributed by atoms with Crippen LogP contribution in [0, 0.1) is 11.3 Å². The molecule has 1 aliphatic carbocycles. The third kappa shape index (κ3) is 5.23. The summed E-state index contributed by atoms with van der Waals surface area (Å²) in [6.07, 6.45) is 11.6. The molecule has 1 aliphatic heterocycles. The van der Waals surface area contributed by atoms with E-state index in [-0.39, 0.29) is 18.0 Å². The largest absolute Gasteiger partial charge is 0.490 e. The van der Waals surface area contributed by atoms with Gasteiger partial charge in [-0.2, -0.15) is 10.4 Å². The Bertz CT molecular complexity index is 1200. The maximum absolute atomic E-state index is 11.6. The van der Waals surface area contributed by atoms with E-state index in [0.29, 0.717) is 22.9 Å². The highest BCUT2D eigenvalue weighted by Gasteiger charge is 2.32. The summed E-state index contributed by atoms with van der Waals surface area (Å²) in [5.74, 6) is 0.514. The number of allylic oxidation sites excluding steroid dienone is 1. The number of pyridine rings is 1. The maximum atomic E-state index is 11.6. The third-order valence-electron chi connectivity index (χ3n) is 7.17. The first-order valence-corrected chi connectivity index (χ1v) is 12.1. The summed E-state index contributed by atoms with van der Waals surface area (Å²) >= 11 is 0. The lowest BCUT2D eigenvalue weighted by Crippen LogP contribution is -2.42. The van der Waals surface area contributed by atoms with Crippen LogP contribution in [0.3, 0.4) is 0 Å². The van der Waals surface area contributed by atoms with Crippen LogP contribution in [0.5, 0.6) is 5.75 Å². The van der Waals surface area contributed by atoms with Crippen molar-refractivity contribution in [2.24, 2.45) is 10.7 Å². The summed E-state index contributed by atoms with van der Waals surface area (Å²) in [5.41, 5.74) is 9.83. The minimum atomic E-state index is -0.0835. The van der Waals surface area contributed by atoms with E-state index in [0.717, 1.165) is 62.0 Å². The second kappa shape index (κ2) is 10.7. The average molecular weight is 477 g/mol. The van der Waals surface area contributed by atoms with Crippen LogP contribution >= 0.6 is 0 Å². The Morgan fingerprint density at radius 3 is 2.83 bits per heavy atom. The Morgan fingerprint density at radius 1 is 1.40 bits per heavy atom. The van der Waals surface area contributed by atoms with Gasteiger partial charge in [0.05, 0.1) is 24.9 Å². The molecule has 1 saturated heterocycles. The molecule has 9 heteroatoms. The number of nitrogens with one attached hydrogen (secondary N) is 2. The fourth-order valence-electron chi connectivity index (χ4n) is 5.35. The van der Waals surface area contributed by atoms with Gasteiger partial charge >= 0.3 is 0 Å². The second-order valence-corrected chi connectivity index (χ2v) is 9.25. The van der Waals surface area contributed by atoms with Gasteiger partial charge in [-0.1, -0.05) is 11.1 Å². The van der Waals surface area contributed by atoms with Crippen LogP contribution in [0.15, 0.2) is 42.3 Å². The Hall–Kier alpha value is -3.64. The van der Waals surface area contributed by atoms with Gasteiger partial charge in [-0.3, -0.25) is 9.79 Å². The number of H-pyrrole nitrogens is 1. The van der Waals surface area contributed by atoms with Crippen molar-refractivity contribution in [2.45, 2.75) is 57.2 Å². The highest BCUT2D eigenvalue weighted by atomic mass is 16.5. The lowest BCUT2D eigenvalue weighted by atomic mass is 10.0. The molecule has 35 heavy (non-hydrogen) atoms. The minimum absolute atomic E-state index is 0.0835. The van der Waals surface area contributed by atoms with Gasteiger partial charge in [0.2, 0.25) is 12.1 Å². The summed E-state index contributed by atoms with van der Waals surface area (Å²) in [5, 5.41) is 15.5. The molecule has 2 aromatic heterocycles. The molecular formula is C26H34N7O2+. The number of nitrogens with zero attached hydrogens (tertiary/aromatic N) is 4. The van der Waals surface area contributed by atoms with Gasteiger partial charge in [0.1, 0.15) is 6.07 Å². The smallest absolute Gasteiger partial charge is 0.296 e. The Labute approximate surface area is 205 Å². The van der Waals surface area contributed by atoms with Crippen LogP contribution in [-0.2, 0) is 4.79 Å². The van der Waals surface area contributed by atoms with Crippen molar-refractivity contribution in [2.75, 3.05) is 20.2 Å². The number of aliphatic imine (C=N–C) groups is 1. The third-order valence-corrected chi connectivity index (χ3v) is 7.17. The molecule has 0 unspecified atom stereocenters. The van der Waals surface area contributed by atoms with Gasteiger partial charge < -0.3 is 20.7 Å². The number of carbonyl (C=O) groups excluding carboxylic acids is 1. The van der Waals surface area contributed by atoms with Crippen molar-refractivity contribution >= 4 is 22.7 Å². The summed E-state index contributed by atoms with van der Waals surface area (Å²) in [6.45, 7) is 7.54. The number of nitriles is 1. The van der Waals surface area contributed by atoms with Gasteiger partial charge in [-0.05, 0) is 45.1 Å². The molecule has 9 nitrogen and oxygen atoms in total. The molecule has 1 saturated carbocycles. The number of aromatic nitrogens is 2. The lowest BCUT2D eigenvalue weighted by Gasteiger charge is -2.35. The normalized spacial score (nSPS) is 22.2. The highest BCUT2D eigenvalue weighted by molar-refractivity contribution is 6.22. The fourth-order valence-corrected chi connectivity index (χ4v) is 5.35. The summed E-state index contributed by atoms with van der Waals surface area (Å²) in [6, 6.07) is 5.08. The number of nitrogens with two attached hydrogens (primary N) is 1. The number of ether oxygens (including phenoxy) is 1. The van der Waals surface area contributed by atoms with Crippen molar-refractivity contribution in [1.82, 2.24) is 15.3 Å². The van der Waals surface area contributed by atoms with Crippen LogP contribution in [-0.4, -0.2) is 59.9 Å². The molecular weight excluding hydrogens is 442 g/mol. The van der Waals surface area contributed by atoms with Crippen molar-refractivity contribution in [3.05, 3.63) is 48.4 Å². The molecule has 4 rings (SSSR count). The van der Waals surface area contributed by atoms with E-state index in [1.807, 2.05) is 19.2 Å². The van der Waals surface area contributed by atoms with Gasteiger partial charge in [-0.25, -0.2) is 0 Å². The first-order chi connectivity index (χ1) is 17.0. The summed E-state index contributed by atoms with van der Waals surface area (Å²) in [4.78, 5) is 19.2. The second-order valence-electron chi connectivity index (χ2n) is 9.25. The van der Waals surface area contributed by atoms with Crippen LogP contribution in [0.4, 0.5) is 0 Å². The average Bonchev–Trinajstić information content (AvgIpc) is 3.51. The molecule has 2 atom stereocenters.